The number of benzene rings is 1. The van der Waals surface area contributed by atoms with Crippen molar-refractivity contribution in [1.82, 2.24) is 15.6 Å². The summed E-state index contributed by atoms with van der Waals surface area (Å²) in [5, 5.41) is 6.73. The molecule has 5 nitrogen and oxygen atoms in total. The van der Waals surface area contributed by atoms with Gasteiger partial charge in [-0.15, -0.1) is 0 Å². The minimum atomic E-state index is 0.0337. The third kappa shape index (κ3) is 6.52. The molecule has 0 spiro atoms. The first-order valence-corrected chi connectivity index (χ1v) is 13.2. The highest BCUT2D eigenvalue weighted by Crippen LogP contribution is 2.29. The molecule has 1 aromatic carbocycles. The highest BCUT2D eigenvalue weighted by atomic mass is 16.5. The number of methoxy groups -OCH3 is 1. The molecule has 190 valence electrons. The van der Waals surface area contributed by atoms with Crippen LogP contribution in [0.4, 0.5) is 0 Å². The number of amides is 1. The predicted molar refractivity (Wildman–Crippen MR) is 148 cm³/mol. The average Bonchev–Trinajstić information content (AvgIpc) is 2.88. The maximum Gasteiger partial charge on any atom is 0.218 e. The van der Waals surface area contributed by atoms with E-state index >= 15 is 0 Å². The van der Waals surface area contributed by atoms with Crippen LogP contribution in [0.15, 0.2) is 48.6 Å². The second-order valence-electron chi connectivity index (χ2n) is 10.1. The molecule has 4 rings (SSSR count). The second-order valence-corrected chi connectivity index (χ2v) is 10.1. The van der Waals surface area contributed by atoms with E-state index in [2.05, 4.69) is 73.1 Å². The zero-order valence-corrected chi connectivity index (χ0v) is 22.0. The third-order valence-electron chi connectivity index (χ3n) is 7.30. The summed E-state index contributed by atoms with van der Waals surface area (Å²) in [6.07, 6.45) is 16.6. The number of rotatable bonds is 8. The molecule has 3 atom stereocenters. The number of nitrogens with zero attached hydrogens (tertiary/aromatic N) is 1. The molecule has 1 aromatic heterocycles. The molecule has 2 aliphatic carbocycles. The Labute approximate surface area is 215 Å². The summed E-state index contributed by atoms with van der Waals surface area (Å²) in [6, 6.07) is 11.0. The van der Waals surface area contributed by atoms with Crippen molar-refractivity contribution in [3.05, 3.63) is 76.5 Å². The van der Waals surface area contributed by atoms with Gasteiger partial charge in [0.15, 0.2) is 0 Å². The zero-order chi connectivity index (χ0) is 25.5. The number of hydrogen-bond donors (Lipinski definition) is 2. The molecule has 0 radical (unpaired) electrons. The van der Waals surface area contributed by atoms with E-state index in [1.807, 2.05) is 12.1 Å². The summed E-state index contributed by atoms with van der Waals surface area (Å²) in [4.78, 5) is 16.3. The van der Waals surface area contributed by atoms with E-state index in [1.165, 1.54) is 28.7 Å². The minimum Gasteiger partial charge on any atom is -0.481 e. The van der Waals surface area contributed by atoms with Gasteiger partial charge in [0.2, 0.25) is 11.8 Å². The zero-order valence-electron chi connectivity index (χ0n) is 22.0. The lowest BCUT2D eigenvalue weighted by Gasteiger charge is -2.32. The van der Waals surface area contributed by atoms with Gasteiger partial charge in [-0.3, -0.25) is 4.79 Å². The van der Waals surface area contributed by atoms with Gasteiger partial charge in [0.25, 0.3) is 0 Å². The van der Waals surface area contributed by atoms with Crippen molar-refractivity contribution in [3.63, 3.8) is 0 Å². The molecule has 2 aliphatic rings. The Balaban J connectivity index is 1.45. The Morgan fingerprint density at radius 1 is 1.14 bits per heavy atom. The fourth-order valence-corrected chi connectivity index (χ4v) is 5.19. The van der Waals surface area contributed by atoms with Crippen LogP contribution in [-0.2, 0) is 11.3 Å². The van der Waals surface area contributed by atoms with Crippen molar-refractivity contribution >= 4 is 23.6 Å². The smallest absolute Gasteiger partial charge is 0.218 e. The van der Waals surface area contributed by atoms with Crippen molar-refractivity contribution < 1.29 is 9.53 Å². The van der Waals surface area contributed by atoms with Crippen LogP contribution in [0.1, 0.15) is 73.9 Å². The maximum absolute atomic E-state index is 11.6. The van der Waals surface area contributed by atoms with Gasteiger partial charge in [-0.05, 0) is 66.5 Å². The van der Waals surface area contributed by atoms with Crippen LogP contribution >= 0.6 is 0 Å². The molecule has 36 heavy (non-hydrogen) atoms. The van der Waals surface area contributed by atoms with E-state index in [9.17, 15) is 4.79 Å². The number of aromatic nitrogens is 1. The van der Waals surface area contributed by atoms with Crippen molar-refractivity contribution in [1.29, 1.82) is 0 Å². The molecule has 0 aliphatic heterocycles. The lowest BCUT2D eigenvalue weighted by Crippen LogP contribution is -2.50. The normalized spacial score (nSPS) is 21.9. The first-order valence-electron chi connectivity index (χ1n) is 13.2. The van der Waals surface area contributed by atoms with E-state index in [0.29, 0.717) is 18.3 Å². The number of carbonyl (C=O) groups excluding carboxylic acids is 1. The van der Waals surface area contributed by atoms with Gasteiger partial charge in [0.05, 0.1) is 12.8 Å². The molecule has 2 N–H and O–H groups in total. The van der Waals surface area contributed by atoms with E-state index in [4.69, 9.17) is 9.72 Å². The molecule has 5 heteroatoms. The minimum absolute atomic E-state index is 0.0337. The monoisotopic (exact) mass is 485 g/mol. The summed E-state index contributed by atoms with van der Waals surface area (Å²) in [5.41, 5.74) is 6.93. The van der Waals surface area contributed by atoms with Crippen LogP contribution in [0.5, 0.6) is 5.88 Å². The van der Waals surface area contributed by atoms with Gasteiger partial charge in [0, 0.05) is 31.1 Å². The summed E-state index contributed by atoms with van der Waals surface area (Å²) < 4.78 is 5.63. The van der Waals surface area contributed by atoms with Crippen LogP contribution in [0.3, 0.4) is 0 Å². The lowest BCUT2D eigenvalue weighted by atomic mass is 9.90. The highest BCUT2D eigenvalue weighted by molar-refractivity contribution is 5.80. The Hall–Kier alpha value is -3.18. The van der Waals surface area contributed by atoms with Gasteiger partial charge in [-0.1, -0.05) is 68.3 Å². The Kier molecular flexibility index (Phi) is 8.76. The molecule has 1 amide bonds. The van der Waals surface area contributed by atoms with E-state index in [0.717, 1.165) is 36.9 Å². The van der Waals surface area contributed by atoms with Crippen LogP contribution in [0.25, 0.3) is 17.7 Å². The standard InChI is InChI=1S/C31H39N3O2/c1-21-12-14-25(15-13-21)28-9-7-8-24(22(28)2)16-18-27-19-17-26(31(34-27)36-4)20-32-29-10-5-6-11-30(29)33-23(3)35/h7-9,12,14-19,21,29-30,32H,5-6,10-11,13,20H2,1-4H3,(H,33,35)/b18-16+. The highest BCUT2D eigenvalue weighted by Gasteiger charge is 2.25. The molecule has 1 saturated carbocycles. The fourth-order valence-electron chi connectivity index (χ4n) is 5.19. The first-order chi connectivity index (χ1) is 17.4. The third-order valence-corrected chi connectivity index (χ3v) is 7.30. The van der Waals surface area contributed by atoms with E-state index < -0.39 is 0 Å². The Bertz CT molecular complexity index is 1160. The summed E-state index contributed by atoms with van der Waals surface area (Å²) in [5.74, 6) is 1.28. The van der Waals surface area contributed by atoms with Crippen molar-refractivity contribution in [2.75, 3.05) is 7.11 Å². The summed E-state index contributed by atoms with van der Waals surface area (Å²) >= 11 is 0. The number of pyridine rings is 1. The van der Waals surface area contributed by atoms with Crippen molar-refractivity contribution in [2.45, 2.75) is 71.5 Å². The fraction of sp³-hybridized carbons (Fsp3) is 0.419. The molecular weight excluding hydrogens is 446 g/mol. The number of hydrogen-bond acceptors (Lipinski definition) is 4. The van der Waals surface area contributed by atoms with Crippen LogP contribution in [-0.4, -0.2) is 30.1 Å². The molecule has 2 aromatic rings. The maximum atomic E-state index is 11.6. The van der Waals surface area contributed by atoms with Gasteiger partial charge in [0.1, 0.15) is 0 Å². The molecular formula is C31H39N3O2. The van der Waals surface area contributed by atoms with Gasteiger partial charge in [-0.25, -0.2) is 4.98 Å². The molecule has 3 unspecified atom stereocenters. The van der Waals surface area contributed by atoms with Crippen LogP contribution in [0, 0.1) is 12.8 Å². The van der Waals surface area contributed by atoms with Crippen LogP contribution < -0.4 is 15.4 Å². The van der Waals surface area contributed by atoms with Crippen LogP contribution in [0.2, 0.25) is 0 Å². The summed E-state index contributed by atoms with van der Waals surface area (Å²) in [7, 11) is 1.67. The number of allylic oxidation sites excluding steroid dienone is 4. The quantitative estimate of drug-likeness (QED) is 0.475. The lowest BCUT2D eigenvalue weighted by molar-refractivity contribution is -0.120. The number of carbonyl (C=O) groups is 1. The van der Waals surface area contributed by atoms with Gasteiger partial charge >= 0.3 is 0 Å². The molecule has 0 bridgehead atoms. The predicted octanol–water partition coefficient (Wildman–Crippen LogP) is 6.09. The topological polar surface area (TPSA) is 63.2 Å². The van der Waals surface area contributed by atoms with Crippen molar-refractivity contribution in [2.24, 2.45) is 5.92 Å². The Morgan fingerprint density at radius 2 is 1.94 bits per heavy atom. The van der Waals surface area contributed by atoms with E-state index in [1.54, 1.807) is 14.0 Å². The van der Waals surface area contributed by atoms with E-state index in [-0.39, 0.29) is 18.0 Å². The largest absolute Gasteiger partial charge is 0.481 e. The molecule has 1 fully saturated rings. The van der Waals surface area contributed by atoms with Gasteiger partial charge in [-0.2, -0.15) is 0 Å². The molecule has 1 heterocycles. The Morgan fingerprint density at radius 3 is 2.67 bits per heavy atom. The first kappa shape index (κ1) is 25.9. The second kappa shape index (κ2) is 12.2. The molecule has 0 saturated heterocycles. The van der Waals surface area contributed by atoms with Gasteiger partial charge < -0.3 is 15.4 Å². The average molecular weight is 486 g/mol. The number of ether oxygens (including phenoxy) is 1. The number of nitrogens with one attached hydrogen (secondary N) is 2. The van der Waals surface area contributed by atoms with Crippen molar-refractivity contribution in [3.8, 4) is 5.88 Å². The summed E-state index contributed by atoms with van der Waals surface area (Å²) in [6.45, 7) is 6.68. The SMILES string of the molecule is COc1nc(/C=C/c2cccc(C3=CCC(C)C=C3)c2C)ccc1CNC1CCCCC1NC(C)=O.